The van der Waals surface area contributed by atoms with Crippen LogP contribution in [0.4, 0.5) is 4.79 Å². The molecule has 7 nitrogen and oxygen atoms in total. The lowest BCUT2D eigenvalue weighted by molar-refractivity contribution is -0.150. The number of methoxy groups -OCH3 is 1. The van der Waals surface area contributed by atoms with Gasteiger partial charge in [0, 0.05) is 0 Å². The Morgan fingerprint density at radius 2 is 1.86 bits per heavy atom. The highest BCUT2D eigenvalue weighted by atomic mass is 127. The Kier molecular flexibility index (Phi) is 8.20. The first-order chi connectivity index (χ1) is 17.3. The van der Waals surface area contributed by atoms with Gasteiger partial charge in [-0.1, -0.05) is 36.4 Å². The van der Waals surface area contributed by atoms with Crippen molar-refractivity contribution in [1.29, 1.82) is 0 Å². The number of nitrogens with zero attached hydrogens (tertiary/aromatic N) is 1. The minimum absolute atomic E-state index is 0.169. The minimum Gasteiger partial charge on any atom is -0.493 e. The van der Waals surface area contributed by atoms with E-state index in [0.717, 1.165) is 31.2 Å². The van der Waals surface area contributed by atoms with Crippen LogP contribution in [0, 0.1) is 3.57 Å². The van der Waals surface area contributed by atoms with Gasteiger partial charge in [-0.05, 0) is 94.4 Å². The molecule has 3 aromatic carbocycles. The van der Waals surface area contributed by atoms with Gasteiger partial charge in [-0.2, -0.15) is 0 Å². The van der Waals surface area contributed by atoms with Crippen molar-refractivity contribution < 1.29 is 28.6 Å². The van der Waals surface area contributed by atoms with Crippen LogP contribution in [0.2, 0.25) is 0 Å². The van der Waals surface area contributed by atoms with Gasteiger partial charge in [-0.25, -0.2) is 4.79 Å². The Labute approximate surface area is 226 Å². The maximum Gasteiger partial charge on any atom is 0.329 e. The molecule has 1 atom stereocenters. The molecular weight excluding hydrogens is 593 g/mol. The van der Waals surface area contributed by atoms with Crippen molar-refractivity contribution >= 4 is 68.3 Å². The summed E-state index contributed by atoms with van der Waals surface area (Å²) in [6.45, 7) is 3.68. The number of fused-ring (bicyclic) bond motifs is 1. The fourth-order valence-corrected chi connectivity index (χ4v) is 5.47. The number of thioether (sulfide) groups is 1. The summed E-state index contributed by atoms with van der Waals surface area (Å²) in [6.07, 6.45) is 1.61. The Morgan fingerprint density at radius 3 is 2.58 bits per heavy atom. The topological polar surface area (TPSA) is 82.1 Å². The van der Waals surface area contributed by atoms with E-state index in [2.05, 4.69) is 46.9 Å². The molecule has 1 saturated heterocycles. The second-order valence-corrected chi connectivity index (χ2v) is 10.1. The summed E-state index contributed by atoms with van der Waals surface area (Å²) in [4.78, 5) is 38.5. The van der Waals surface area contributed by atoms with Crippen LogP contribution in [0.15, 0.2) is 59.5 Å². The van der Waals surface area contributed by atoms with Gasteiger partial charge in [-0.3, -0.25) is 14.5 Å². The van der Waals surface area contributed by atoms with Crippen molar-refractivity contribution in [3.05, 3.63) is 74.2 Å². The van der Waals surface area contributed by atoms with Gasteiger partial charge >= 0.3 is 5.97 Å². The van der Waals surface area contributed by atoms with Crippen LogP contribution in [0.3, 0.4) is 0 Å². The number of hydrogen-bond acceptors (Lipinski definition) is 7. The van der Waals surface area contributed by atoms with Crippen molar-refractivity contribution in [3.63, 3.8) is 0 Å². The first kappa shape index (κ1) is 26.0. The van der Waals surface area contributed by atoms with Crippen LogP contribution in [0.5, 0.6) is 11.5 Å². The van der Waals surface area contributed by atoms with E-state index in [1.165, 1.54) is 12.3 Å². The number of esters is 1. The van der Waals surface area contributed by atoms with Gasteiger partial charge in [0.2, 0.25) is 0 Å². The molecule has 0 saturated carbocycles. The quantitative estimate of drug-likeness (QED) is 0.174. The predicted octanol–water partition coefficient (Wildman–Crippen LogP) is 6.02. The summed E-state index contributed by atoms with van der Waals surface area (Å²) < 4.78 is 17.4. The van der Waals surface area contributed by atoms with Crippen molar-refractivity contribution in [2.24, 2.45) is 0 Å². The van der Waals surface area contributed by atoms with Crippen molar-refractivity contribution in [2.75, 3.05) is 13.7 Å². The molecule has 0 unspecified atom stereocenters. The highest BCUT2D eigenvalue weighted by Gasteiger charge is 2.41. The number of carbonyl (C=O) groups is 3. The van der Waals surface area contributed by atoms with Crippen LogP contribution in [-0.2, 0) is 20.9 Å². The molecule has 0 aliphatic carbocycles. The lowest BCUT2D eigenvalue weighted by Crippen LogP contribution is -2.42. The lowest BCUT2D eigenvalue weighted by Gasteiger charge is -2.19. The van der Waals surface area contributed by atoms with Gasteiger partial charge in [0.25, 0.3) is 11.1 Å². The third-order valence-electron chi connectivity index (χ3n) is 5.59. The van der Waals surface area contributed by atoms with Crippen molar-refractivity contribution in [3.8, 4) is 11.5 Å². The molecule has 0 bridgehead atoms. The van der Waals surface area contributed by atoms with E-state index < -0.39 is 23.2 Å². The average Bonchev–Trinajstić information content (AvgIpc) is 3.14. The van der Waals surface area contributed by atoms with Crippen LogP contribution in [0.25, 0.3) is 16.8 Å². The maximum atomic E-state index is 12.9. The number of hydrogen-bond donors (Lipinski definition) is 0. The molecule has 0 spiro atoms. The summed E-state index contributed by atoms with van der Waals surface area (Å²) in [7, 11) is 1.55. The maximum absolute atomic E-state index is 12.9. The normalized spacial score (nSPS) is 15.4. The molecule has 4 rings (SSSR count). The number of ether oxygens (including phenoxy) is 3. The van der Waals surface area contributed by atoms with E-state index in [-0.39, 0.29) is 11.5 Å². The van der Waals surface area contributed by atoms with E-state index in [0.29, 0.717) is 23.7 Å². The van der Waals surface area contributed by atoms with Gasteiger partial charge in [0.15, 0.2) is 11.5 Å². The minimum atomic E-state index is -0.996. The molecule has 3 aromatic rings. The summed E-state index contributed by atoms with van der Waals surface area (Å²) in [6, 6.07) is 16.9. The number of imide groups is 1. The Bertz CT molecular complexity index is 1370. The summed E-state index contributed by atoms with van der Waals surface area (Å²) >= 11 is 2.94. The number of rotatable bonds is 8. The number of halogens is 1. The van der Waals surface area contributed by atoms with Crippen molar-refractivity contribution in [1.82, 2.24) is 4.90 Å². The van der Waals surface area contributed by atoms with Crippen LogP contribution in [-0.4, -0.2) is 41.8 Å². The zero-order valence-corrected chi connectivity index (χ0v) is 22.9. The third kappa shape index (κ3) is 5.52. The lowest BCUT2D eigenvalue weighted by atomic mass is 10.1. The van der Waals surface area contributed by atoms with Crippen LogP contribution >= 0.6 is 34.4 Å². The highest BCUT2D eigenvalue weighted by Crippen LogP contribution is 2.38. The Balaban J connectivity index is 1.54. The molecule has 9 heteroatoms. The molecule has 1 aliphatic heterocycles. The fraction of sp³-hybridized carbons (Fsp3) is 0.222. The fourth-order valence-electron chi connectivity index (χ4n) is 3.78. The summed E-state index contributed by atoms with van der Waals surface area (Å²) in [5.41, 5.74) is 1.70. The summed E-state index contributed by atoms with van der Waals surface area (Å²) in [5.74, 6) is -0.0538. The molecule has 0 N–H and O–H groups in total. The molecule has 2 amide bonds. The monoisotopic (exact) mass is 617 g/mol. The second-order valence-electron chi connectivity index (χ2n) is 7.98. The molecule has 36 heavy (non-hydrogen) atoms. The average molecular weight is 617 g/mol. The smallest absolute Gasteiger partial charge is 0.329 e. The first-order valence-corrected chi connectivity index (χ1v) is 13.1. The van der Waals surface area contributed by atoms with Gasteiger partial charge in [0.1, 0.15) is 12.6 Å². The molecule has 1 heterocycles. The largest absolute Gasteiger partial charge is 0.493 e. The van der Waals surface area contributed by atoms with E-state index in [4.69, 9.17) is 14.2 Å². The van der Waals surface area contributed by atoms with E-state index >= 15 is 0 Å². The summed E-state index contributed by atoms with van der Waals surface area (Å²) in [5, 5.41) is 1.80. The molecule has 1 fully saturated rings. The van der Waals surface area contributed by atoms with E-state index in [1.807, 2.05) is 24.3 Å². The Morgan fingerprint density at radius 1 is 1.11 bits per heavy atom. The number of benzene rings is 3. The molecule has 186 valence electrons. The zero-order valence-electron chi connectivity index (χ0n) is 19.9. The van der Waals surface area contributed by atoms with Crippen molar-refractivity contribution in [2.45, 2.75) is 26.5 Å². The molecule has 0 aromatic heterocycles. The first-order valence-electron chi connectivity index (χ1n) is 11.2. The SMILES string of the molecule is CCOC(=O)[C@@H](C)N1C(=O)S/C(=C/c2cc(I)c(OCc3ccc4ccccc4c3)c(OC)c2)C1=O. The van der Waals surface area contributed by atoms with Gasteiger partial charge < -0.3 is 14.2 Å². The second kappa shape index (κ2) is 11.3. The standard InChI is InChI=1S/C27H24INO6S/c1-4-34-26(31)16(2)29-25(30)23(36-27(29)32)14-18-12-21(28)24(22(13-18)33-3)35-15-17-9-10-19-7-5-6-8-20(19)11-17/h5-14,16H,4,15H2,1-3H3/b23-14+/t16-/m1/s1. The van der Waals surface area contributed by atoms with E-state index in [9.17, 15) is 14.4 Å². The molecule has 0 radical (unpaired) electrons. The number of carbonyl (C=O) groups excluding carboxylic acids is 3. The van der Waals surface area contributed by atoms with Gasteiger partial charge in [-0.15, -0.1) is 0 Å². The zero-order chi connectivity index (χ0) is 25.8. The predicted molar refractivity (Wildman–Crippen MR) is 148 cm³/mol. The third-order valence-corrected chi connectivity index (χ3v) is 7.27. The molecular formula is C27H24INO6S. The molecule has 1 aliphatic rings. The Hall–Kier alpha value is -3.05. The van der Waals surface area contributed by atoms with Gasteiger partial charge in [0.05, 0.1) is 22.2 Å². The van der Waals surface area contributed by atoms with Crippen LogP contribution < -0.4 is 9.47 Å². The van der Waals surface area contributed by atoms with Crippen LogP contribution in [0.1, 0.15) is 25.0 Å². The van der Waals surface area contributed by atoms with E-state index in [1.54, 1.807) is 26.2 Å². The highest BCUT2D eigenvalue weighted by molar-refractivity contribution is 14.1. The number of amides is 2.